The van der Waals surface area contributed by atoms with Crippen molar-refractivity contribution < 1.29 is 29.0 Å². The number of aliphatic hydroxyl groups is 1. The number of carbonyl (C=O) groups is 3. The Labute approximate surface area is 249 Å². The van der Waals surface area contributed by atoms with Crippen LogP contribution in [0.5, 0.6) is 0 Å². The molecule has 0 bridgehead atoms. The van der Waals surface area contributed by atoms with Crippen molar-refractivity contribution >= 4 is 35.3 Å². The lowest BCUT2D eigenvalue weighted by atomic mass is 9.92. The van der Waals surface area contributed by atoms with Gasteiger partial charge >= 0.3 is 11.9 Å². The summed E-state index contributed by atoms with van der Waals surface area (Å²) in [5.74, 6) is -1.21. The van der Waals surface area contributed by atoms with Gasteiger partial charge in [-0.05, 0) is 68.0 Å². The highest BCUT2D eigenvalue weighted by Crippen LogP contribution is 2.27. The smallest absolute Gasteiger partial charge is 0.315 e. The van der Waals surface area contributed by atoms with Crippen molar-refractivity contribution in [3.05, 3.63) is 59.7 Å². The number of hydrogen-bond donors (Lipinski definition) is 2. The summed E-state index contributed by atoms with van der Waals surface area (Å²) in [6.45, 7) is 4.17. The van der Waals surface area contributed by atoms with Crippen LogP contribution in [-0.2, 0) is 30.3 Å². The highest BCUT2D eigenvalue weighted by molar-refractivity contribution is 7.99. The van der Waals surface area contributed by atoms with E-state index >= 15 is 0 Å². The van der Waals surface area contributed by atoms with Crippen molar-refractivity contribution in [1.82, 2.24) is 0 Å². The molecule has 2 unspecified atom stereocenters. The van der Waals surface area contributed by atoms with Crippen molar-refractivity contribution in [3.8, 4) is 0 Å². The van der Waals surface area contributed by atoms with Gasteiger partial charge in [-0.3, -0.25) is 14.4 Å². The normalized spacial score (nSPS) is 12.4. The molecule has 0 fully saturated rings. The number of rotatable bonds is 20. The minimum Gasteiger partial charge on any atom is -0.469 e. The number of aliphatic hydroxyl groups excluding tert-OH is 1. The fourth-order valence-corrected chi connectivity index (χ4v) is 5.46. The molecular formula is C33H47NO6S. The highest BCUT2D eigenvalue weighted by Gasteiger charge is 2.22. The average molecular weight is 586 g/mol. The Balaban J connectivity index is 1.78. The summed E-state index contributed by atoms with van der Waals surface area (Å²) >= 11 is 1.50. The van der Waals surface area contributed by atoms with Crippen LogP contribution in [0.4, 0.5) is 5.69 Å². The fourth-order valence-electron chi connectivity index (χ4n) is 4.58. The maximum Gasteiger partial charge on any atom is 0.315 e. The second-order valence-electron chi connectivity index (χ2n) is 10.3. The zero-order valence-corrected chi connectivity index (χ0v) is 25.7. The first-order valence-electron chi connectivity index (χ1n) is 14.9. The number of aryl methyl sites for hydroxylation is 1. The molecule has 226 valence electrons. The Morgan fingerprint density at radius 1 is 0.878 bits per heavy atom. The number of amides is 1. The van der Waals surface area contributed by atoms with Gasteiger partial charge in [-0.25, -0.2) is 0 Å². The number of esters is 2. The van der Waals surface area contributed by atoms with Gasteiger partial charge < -0.3 is 19.9 Å². The maximum atomic E-state index is 12.5. The van der Waals surface area contributed by atoms with Crippen LogP contribution in [0.15, 0.2) is 53.4 Å². The highest BCUT2D eigenvalue weighted by atomic mass is 32.2. The summed E-state index contributed by atoms with van der Waals surface area (Å²) in [5, 5.41) is 13.3. The molecule has 8 heteroatoms. The van der Waals surface area contributed by atoms with Crippen molar-refractivity contribution in [2.75, 3.05) is 24.8 Å². The standard InChI is InChI=1S/C33H47NO6S/c1-4-6-7-8-9-10-11-12-25-13-15-26(16-14-25)30(33(38)39-3)22-19-28(35)24-41-29-20-17-27(18-21-29)34-31(36)23-32(37)40-5-2/h13-18,20-21,28,30,35H,4-12,19,22-24H2,1-3H3,(H,34,36). The van der Waals surface area contributed by atoms with Crippen molar-refractivity contribution in [3.63, 3.8) is 0 Å². The number of ether oxygens (including phenoxy) is 2. The number of anilines is 1. The number of benzene rings is 2. The second kappa shape index (κ2) is 20.1. The minimum absolute atomic E-state index is 0.236. The molecule has 41 heavy (non-hydrogen) atoms. The molecule has 2 aromatic rings. The average Bonchev–Trinajstić information content (AvgIpc) is 2.97. The van der Waals surface area contributed by atoms with E-state index in [2.05, 4.69) is 24.4 Å². The Morgan fingerprint density at radius 2 is 1.54 bits per heavy atom. The number of unbranched alkanes of at least 4 members (excludes halogenated alkanes) is 6. The third-order valence-corrected chi connectivity index (χ3v) is 8.07. The number of hydrogen-bond acceptors (Lipinski definition) is 7. The lowest BCUT2D eigenvalue weighted by molar-refractivity contribution is -0.145. The van der Waals surface area contributed by atoms with E-state index in [1.807, 2.05) is 24.3 Å². The Kier molecular flexibility index (Phi) is 16.8. The molecular weight excluding hydrogens is 538 g/mol. The summed E-state index contributed by atoms with van der Waals surface area (Å²) < 4.78 is 9.85. The zero-order valence-electron chi connectivity index (χ0n) is 24.9. The molecule has 1 amide bonds. The molecule has 0 saturated heterocycles. The molecule has 0 saturated carbocycles. The molecule has 0 aliphatic heterocycles. The number of methoxy groups -OCH3 is 1. The van der Waals surface area contributed by atoms with E-state index in [0.717, 1.165) is 16.9 Å². The van der Waals surface area contributed by atoms with Crippen LogP contribution in [0.2, 0.25) is 0 Å². The predicted molar refractivity (Wildman–Crippen MR) is 165 cm³/mol. The van der Waals surface area contributed by atoms with Gasteiger partial charge in [0.1, 0.15) is 6.42 Å². The predicted octanol–water partition coefficient (Wildman–Crippen LogP) is 7.06. The zero-order chi connectivity index (χ0) is 29.9. The molecule has 7 nitrogen and oxygen atoms in total. The molecule has 2 atom stereocenters. The number of nitrogens with one attached hydrogen (secondary N) is 1. The number of thioether (sulfide) groups is 1. The molecule has 0 spiro atoms. The van der Waals surface area contributed by atoms with Gasteiger partial charge in [0.25, 0.3) is 0 Å². The van der Waals surface area contributed by atoms with E-state index in [0.29, 0.717) is 24.3 Å². The van der Waals surface area contributed by atoms with Gasteiger partial charge in [0.2, 0.25) is 5.91 Å². The molecule has 0 heterocycles. The van der Waals surface area contributed by atoms with Crippen LogP contribution >= 0.6 is 11.8 Å². The Bertz CT molecular complexity index is 1040. The molecule has 0 aliphatic rings. The summed E-state index contributed by atoms with van der Waals surface area (Å²) in [4.78, 5) is 36.8. The van der Waals surface area contributed by atoms with E-state index < -0.39 is 23.9 Å². The van der Waals surface area contributed by atoms with E-state index in [4.69, 9.17) is 9.47 Å². The molecule has 2 aromatic carbocycles. The maximum absolute atomic E-state index is 12.5. The largest absolute Gasteiger partial charge is 0.469 e. The van der Waals surface area contributed by atoms with Crippen molar-refractivity contribution in [2.45, 2.75) is 101 Å². The van der Waals surface area contributed by atoms with Crippen molar-refractivity contribution in [1.29, 1.82) is 0 Å². The third-order valence-electron chi connectivity index (χ3n) is 6.92. The van der Waals surface area contributed by atoms with Crippen LogP contribution in [0, 0.1) is 0 Å². The first-order valence-corrected chi connectivity index (χ1v) is 15.9. The first-order chi connectivity index (χ1) is 19.9. The van der Waals surface area contributed by atoms with E-state index in [1.165, 1.54) is 69.4 Å². The van der Waals surface area contributed by atoms with E-state index in [9.17, 15) is 19.5 Å². The molecule has 0 aromatic heterocycles. The van der Waals surface area contributed by atoms with Gasteiger partial charge in [0, 0.05) is 16.3 Å². The van der Waals surface area contributed by atoms with Crippen LogP contribution in [0.1, 0.15) is 95.1 Å². The van der Waals surface area contributed by atoms with Gasteiger partial charge in [-0.2, -0.15) is 0 Å². The van der Waals surface area contributed by atoms with Crippen LogP contribution in [0.3, 0.4) is 0 Å². The van der Waals surface area contributed by atoms with Gasteiger partial charge in [0.05, 0.1) is 25.7 Å². The third kappa shape index (κ3) is 14.1. The van der Waals surface area contributed by atoms with Crippen LogP contribution in [-0.4, -0.2) is 48.5 Å². The molecule has 2 N–H and O–H groups in total. The van der Waals surface area contributed by atoms with Crippen LogP contribution < -0.4 is 5.32 Å². The second-order valence-corrected chi connectivity index (χ2v) is 11.4. The quantitative estimate of drug-likeness (QED) is 0.0742. The van der Waals surface area contributed by atoms with Gasteiger partial charge in [-0.15, -0.1) is 11.8 Å². The fraction of sp³-hybridized carbons (Fsp3) is 0.545. The first kappa shape index (κ1) is 34.4. The summed E-state index contributed by atoms with van der Waals surface area (Å²) in [5.41, 5.74) is 2.78. The van der Waals surface area contributed by atoms with Crippen LogP contribution in [0.25, 0.3) is 0 Å². The SMILES string of the molecule is CCCCCCCCCc1ccc(C(CCC(O)CSc2ccc(NC(=O)CC(=O)OCC)cc2)C(=O)OC)cc1. The topological polar surface area (TPSA) is 102 Å². The Morgan fingerprint density at radius 3 is 2.17 bits per heavy atom. The Hall–Kier alpha value is -2.84. The van der Waals surface area contributed by atoms with Crippen molar-refractivity contribution in [2.24, 2.45) is 0 Å². The van der Waals surface area contributed by atoms with Gasteiger partial charge in [0.15, 0.2) is 0 Å². The lowest BCUT2D eigenvalue weighted by Crippen LogP contribution is -2.18. The summed E-state index contributed by atoms with van der Waals surface area (Å²) in [7, 11) is 1.40. The molecule has 0 radical (unpaired) electrons. The summed E-state index contributed by atoms with van der Waals surface area (Å²) in [6, 6.07) is 15.5. The number of carbonyl (C=O) groups excluding carboxylic acids is 3. The minimum atomic E-state index is -0.590. The van der Waals surface area contributed by atoms with E-state index in [1.54, 1.807) is 19.1 Å². The summed E-state index contributed by atoms with van der Waals surface area (Å²) in [6.07, 6.45) is 10.1. The monoisotopic (exact) mass is 585 g/mol. The van der Waals surface area contributed by atoms with Gasteiger partial charge in [-0.1, -0.05) is 69.7 Å². The lowest BCUT2D eigenvalue weighted by Gasteiger charge is -2.18. The van der Waals surface area contributed by atoms with E-state index in [-0.39, 0.29) is 19.0 Å². The molecule has 0 aliphatic carbocycles. The molecule has 2 rings (SSSR count).